The Kier molecular flexibility index (Phi) is 3.95. The molecule has 0 aliphatic carbocycles. The van der Waals surface area contributed by atoms with Gasteiger partial charge in [-0.05, 0) is 30.7 Å². The maximum absolute atomic E-state index is 13.5. The molecule has 98 valence electrons. The number of carbonyl (C=O) groups is 1. The molecule has 0 aliphatic heterocycles. The average molecular weight is 258 g/mol. The van der Waals surface area contributed by atoms with Gasteiger partial charge in [0, 0.05) is 12.0 Å². The summed E-state index contributed by atoms with van der Waals surface area (Å²) in [4.78, 5) is 12.1. The number of carbonyl (C=O) groups excluding carboxylic acids is 1. The highest BCUT2D eigenvalue weighted by molar-refractivity contribution is 5.97. The van der Waals surface area contributed by atoms with Crippen LogP contribution in [0.25, 0.3) is 0 Å². The van der Waals surface area contributed by atoms with Crippen molar-refractivity contribution in [3.05, 3.63) is 65.0 Å². The third-order valence-corrected chi connectivity index (χ3v) is 2.92. The maximum Gasteiger partial charge on any atom is 0.167 e. The summed E-state index contributed by atoms with van der Waals surface area (Å²) in [7, 11) is 1.41. The summed E-state index contributed by atoms with van der Waals surface area (Å²) in [5, 5.41) is 0. The van der Waals surface area contributed by atoms with Crippen LogP contribution >= 0.6 is 0 Å². The molecule has 2 nitrogen and oxygen atoms in total. The van der Waals surface area contributed by atoms with Crippen molar-refractivity contribution in [1.82, 2.24) is 0 Å². The normalized spacial score (nSPS) is 10.3. The number of benzene rings is 2. The smallest absolute Gasteiger partial charge is 0.167 e. The molecule has 0 saturated heterocycles. The zero-order chi connectivity index (χ0) is 13.8. The fourth-order valence-corrected chi connectivity index (χ4v) is 1.93. The van der Waals surface area contributed by atoms with Crippen LogP contribution in [0.2, 0.25) is 0 Å². The second-order valence-electron chi connectivity index (χ2n) is 4.44. The molecule has 0 heterocycles. The van der Waals surface area contributed by atoms with Gasteiger partial charge in [-0.2, -0.15) is 0 Å². The van der Waals surface area contributed by atoms with E-state index in [9.17, 15) is 9.18 Å². The van der Waals surface area contributed by atoms with Gasteiger partial charge in [-0.3, -0.25) is 4.79 Å². The largest absolute Gasteiger partial charge is 0.494 e. The van der Waals surface area contributed by atoms with Crippen molar-refractivity contribution in [2.45, 2.75) is 13.3 Å². The van der Waals surface area contributed by atoms with Crippen molar-refractivity contribution >= 4 is 5.78 Å². The summed E-state index contributed by atoms with van der Waals surface area (Å²) >= 11 is 0. The van der Waals surface area contributed by atoms with Crippen molar-refractivity contribution in [1.29, 1.82) is 0 Å². The number of rotatable bonds is 4. The predicted octanol–water partition coefficient (Wildman–Crippen LogP) is 3.57. The van der Waals surface area contributed by atoms with Crippen LogP contribution in [0.3, 0.4) is 0 Å². The van der Waals surface area contributed by atoms with Gasteiger partial charge in [-0.15, -0.1) is 0 Å². The van der Waals surface area contributed by atoms with Crippen LogP contribution < -0.4 is 4.74 Å². The van der Waals surface area contributed by atoms with E-state index in [1.807, 2.05) is 25.1 Å². The van der Waals surface area contributed by atoms with Crippen LogP contribution in [0.5, 0.6) is 5.75 Å². The Balaban J connectivity index is 2.17. The number of ether oxygens (including phenoxy) is 1. The molecule has 2 aromatic carbocycles. The Labute approximate surface area is 111 Å². The lowest BCUT2D eigenvalue weighted by Gasteiger charge is -2.05. The molecule has 2 rings (SSSR count). The SMILES string of the molecule is COc1ccc(CC(=O)c2cccc(C)c2)cc1F. The number of aryl methyl sites for hydroxylation is 1. The highest BCUT2D eigenvalue weighted by Gasteiger charge is 2.09. The molecule has 0 unspecified atom stereocenters. The van der Waals surface area contributed by atoms with Crippen LogP contribution in [0.15, 0.2) is 42.5 Å². The van der Waals surface area contributed by atoms with Gasteiger partial charge >= 0.3 is 0 Å². The fraction of sp³-hybridized carbons (Fsp3) is 0.188. The number of halogens is 1. The minimum absolute atomic E-state index is 0.0201. The van der Waals surface area contributed by atoms with E-state index in [4.69, 9.17) is 4.74 Å². The first-order valence-corrected chi connectivity index (χ1v) is 6.02. The second kappa shape index (κ2) is 5.65. The van der Waals surface area contributed by atoms with E-state index < -0.39 is 5.82 Å². The third kappa shape index (κ3) is 3.19. The van der Waals surface area contributed by atoms with Gasteiger partial charge in [0.1, 0.15) is 0 Å². The molecule has 0 atom stereocenters. The van der Waals surface area contributed by atoms with Crippen LogP contribution in [0, 0.1) is 12.7 Å². The zero-order valence-corrected chi connectivity index (χ0v) is 10.9. The van der Waals surface area contributed by atoms with Crippen molar-refractivity contribution < 1.29 is 13.9 Å². The quantitative estimate of drug-likeness (QED) is 0.784. The van der Waals surface area contributed by atoms with Crippen molar-refractivity contribution in [2.75, 3.05) is 7.11 Å². The van der Waals surface area contributed by atoms with Gasteiger partial charge < -0.3 is 4.74 Å². The highest BCUT2D eigenvalue weighted by atomic mass is 19.1. The molecule has 0 aromatic heterocycles. The summed E-state index contributed by atoms with van der Waals surface area (Å²) in [6, 6.07) is 12.0. The summed E-state index contributed by atoms with van der Waals surface area (Å²) in [6.45, 7) is 1.93. The predicted molar refractivity (Wildman–Crippen MR) is 72.2 cm³/mol. The molecule has 0 fully saturated rings. The molecule has 19 heavy (non-hydrogen) atoms. The number of ketones is 1. The van der Waals surface area contributed by atoms with Crippen molar-refractivity contribution in [3.8, 4) is 5.75 Å². The van der Waals surface area contributed by atoms with E-state index in [2.05, 4.69) is 0 Å². The second-order valence-corrected chi connectivity index (χ2v) is 4.44. The topological polar surface area (TPSA) is 26.3 Å². The number of Topliss-reactive ketones (excluding diaryl/α,β-unsaturated/α-hetero) is 1. The standard InChI is InChI=1S/C16H15FO2/c1-11-4-3-5-13(8-11)15(18)10-12-6-7-16(19-2)14(17)9-12/h3-9H,10H2,1-2H3. The van der Waals surface area contributed by atoms with Crippen LogP contribution in [0.4, 0.5) is 4.39 Å². The first kappa shape index (κ1) is 13.3. The Morgan fingerprint density at radius 3 is 2.63 bits per heavy atom. The van der Waals surface area contributed by atoms with Gasteiger partial charge in [0.05, 0.1) is 7.11 Å². The molecule has 0 bridgehead atoms. The molecule has 0 N–H and O–H groups in total. The van der Waals surface area contributed by atoms with Crippen LogP contribution in [-0.4, -0.2) is 12.9 Å². The molecule has 3 heteroatoms. The lowest BCUT2D eigenvalue weighted by atomic mass is 10.0. The molecule has 0 saturated carbocycles. The third-order valence-electron chi connectivity index (χ3n) is 2.92. The lowest BCUT2D eigenvalue weighted by molar-refractivity contribution is 0.0993. The average Bonchev–Trinajstić information content (AvgIpc) is 2.39. The number of methoxy groups -OCH3 is 1. The number of hydrogen-bond donors (Lipinski definition) is 0. The van der Waals surface area contributed by atoms with Crippen LogP contribution in [-0.2, 0) is 6.42 Å². The zero-order valence-electron chi connectivity index (χ0n) is 10.9. The van der Waals surface area contributed by atoms with E-state index >= 15 is 0 Å². The van der Waals surface area contributed by atoms with E-state index in [1.54, 1.807) is 12.1 Å². The van der Waals surface area contributed by atoms with E-state index in [-0.39, 0.29) is 18.0 Å². The van der Waals surface area contributed by atoms with Gasteiger partial charge in [-0.1, -0.05) is 29.8 Å². The molecule has 2 aromatic rings. The van der Waals surface area contributed by atoms with Gasteiger partial charge in [0.15, 0.2) is 17.3 Å². The Morgan fingerprint density at radius 2 is 2.00 bits per heavy atom. The Bertz CT molecular complexity index is 605. The summed E-state index contributed by atoms with van der Waals surface area (Å²) in [6.07, 6.45) is 0.185. The Morgan fingerprint density at radius 1 is 1.21 bits per heavy atom. The van der Waals surface area contributed by atoms with E-state index in [0.717, 1.165) is 5.56 Å². The highest BCUT2D eigenvalue weighted by Crippen LogP contribution is 2.19. The van der Waals surface area contributed by atoms with E-state index in [1.165, 1.54) is 19.2 Å². The van der Waals surface area contributed by atoms with Crippen LogP contribution in [0.1, 0.15) is 21.5 Å². The molecule has 0 amide bonds. The number of hydrogen-bond acceptors (Lipinski definition) is 2. The molecular formula is C16H15FO2. The van der Waals surface area contributed by atoms with Crippen molar-refractivity contribution in [2.24, 2.45) is 0 Å². The fourth-order valence-electron chi connectivity index (χ4n) is 1.93. The Hall–Kier alpha value is -2.16. The minimum atomic E-state index is -0.447. The van der Waals surface area contributed by atoms with Gasteiger partial charge in [0.2, 0.25) is 0 Å². The first-order valence-electron chi connectivity index (χ1n) is 6.02. The molecule has 0 radical (unpaired) electrons. The minimum Gasteiger partial charge on any atom is -0.494 e. The van der Waals surface area contributed by atoms with E-state index in [0.29, 0.717) is 11.1 Å². The first-order chi connectivity index (χ1) is 9.10. The maximum atomic E-state index is 13.5. The molecular weight excluding hydrogens is 243 g/mol. The summed E-state index contributed by atoms with van der Waals surface area (Å²) in [5.74, 6) is -0.280. The summed E-state index contributed by atoms with van der Waals surface area (Å²) < 4.78 is 18.4. The summed E-state index contributed by atoms with van der Waals surface area (Å²) in [5.41, 5.74) is 2.33. The molecule has 0 spiro atoms. The lowest BCUT2D eigenvalue weighted by Crippen LogP contribution is -2.04. The monoisotopic (exact) mass is 258 g/mol. The van der Waals surface area contributed by atoms with Gasteiger partial charge in [0.25, 0.3) is 0 Å². The van der Waals surface area contributed by atoms with Crippen molar-refractivity contribution in [3.63, 3.8) is 0 Å². The van der Waals surface area contributed by atoms with Gasteiger partial charge in [-0.25, -0.2) is 4.39 Å². The molecule has 0 aliphatic rings.